The second kappa shape index (κ2) is 4.90. The first-order valence-electron chi connectivity index (χ1n) is 6.36. The molecule has 0 aromatic heterocycles. The van der Waals surface area contributed by atoms with Crippen molar-refractivity contribution in [1.29, 1.82) is 0 Å². The summed E-state index contributed by atoms with van der Waals surface area (Å²) in [4.78, 5) is 24.1. The van der Waals surface area contributed by atoms with Gasteiger partial charge < -0.3 is 9.47 Å². The summed E-state index contributed by atoms with van der Waals surface area (Å²) in [6.45, 7) is 8.50. The molecule has 0 heterocycles. The van der Waals surface area contributed by atoms with Gasteiger partial charge in [-0.15, -0.1) is 0 Å². The van der Waals surface area contributed by atoms with Gasteiger partial charge in [-0.3, -0.25) is 9.59 Å². The summed E-state index contributed by atoms with van der Waals surface area (Å²) >= 11 is 0. The highest BCUT2D eigenvalue weighted by Gasteiger charge is 2.58. The van der Waals surface area contributed by atoms with Gasteiger partial charge in [0.05, 0.1) is 14.2 Å². The van der Waals surface area contributed by atoms with E-state index < -0.39 is 17.4 Å². The number of carbonyl (C=O) groups is 2. The molecule has 4 heteroatoms. The maximum absolute atomic E-state index is 12.0. The van der Waals surface area contributed by atoms with Crippen molar-refractivity contribution < 1.29 is 19.1 Å². The first-order chi connectivity index (χ1) is 8.19. The van der Waals surface area contributed by atoms with E-state index in [2.05, 4.69) is 27.7 Å². The maximum Gasteiger partial charge on any atom is 0.323 e. The van der Waals surface area contributed by atoms with Crippen molar-refractivity contribution in [3.8, 4) is 0 Å². The molecule has 0 aromatic rings. The molecule has 0 aliphatic heterocycles. The van der Waals surface area contributed by atoms with Crippen LogP contribution in [0.3, 0.4) is 0 Å². The third-order valence-electron chi connectivity index (χ3n) is 4.19. The van der Waals surface area contributed by atoms with Crippen molar-refractivity contribution in [3.05, 3.63) is 0 Å². The summed E-state index contributed by atoms with van der Waals surface area (Å²) in [6, 6.07) is 0. The van der Waals surface area contributed by atoms with Crippen LogP contribution in [0.1, 0.15) is 40.5 Å². The normalized spacial score (nSPS) is 26.8. The Balaban J connectivity index is 3.11. The molecule has 0 radical (unpaired) electrons. The molecule has 0 amide bonds. The molecule has 0 saturated heterocycles. The summed E-state index contributed by atoms with van der Waals surface area (Å²) in [5.74, 6) is -0.334. The lowest BCUT2D eigenvalue weighted by Gasteiger charge is -2.31. The molecule has 0 N–H and O–H groups in total. The van der Waals surface area contributed by atoms with Gasteiger partial charge in [0, 0.05) is 0 Å². The molecule has 4 nitrogen and oxygen atoms in total. The summed E-state index contributed by atoms with van der Waals surface area (Å²) in [5.41, 5.74) is -1.05. The number of carbonyl (C=O) groups excluding carboxylic acids is 2. The Labute approximate surface area is 109 Å². The molecule has 0 spiro atoms. The van der Waals surface area contributed by atoms with Crippen LogP contribution < -0.4 is 0 Å². The minimum absolute atomic E-state index is 0.0587. The molecule has 1 aliphatic rings. The Bertz CT molecular complexity index is 324. The topological polar surface area (TPSA) is 52.6 Å². The van der Waals surface area contributed by atoms with E-state index in [0.717, 1.165) is 0 Å². The smallest absolute Gasteiger partial charge is 0.323 e. The zero-order chi connectivity index (χ0) is 14.1. The van der Waals surface area contributed by atoms with Gasteiger partial charge in [-0.1, -0.05) is 27.7 Å². The third kappa shape index (κ3) is 2.38. The van der Waals surface area contributed by atoms with Gasteiger partial charge in [-0.2, -0.15) is 0 Å². The average Bonchev–Trinajstić information content (AvgIpc) is 2.66. The molecule has 0 bridgehead atoms. The van der Waals surface area contributed by atoms with Crippen molar-refractivity contribution in [2.75, 3.05) is 14.2 Å². The predicted octanol–water partition coefficient (Wildman–Crippen LogP) is 2.41. The van der Waals surface area contributed by atoms with E-state index in [-0.39, 0.29) is 5.41 Å². The molecule has 1 rings (SSSR count). The van der Waals surface area contributed by atoms with Gasteiger partial charge in [0.25, 0.3) is 0 Å². The highest BCUT2D eigenvalue weighted by Crippen LogP contribution is 2.53. The lowest BCUT2D eigenvalue weighted by molar-refractivity contribution is -0.169. The van der Waals surface area contributed by atoms with Crippen molar-refractivity contribution >= 4 is 11.9 Å². The monoisotopic (exact) mass is 256 g/mol. The van der Waals surface area contributed by atoms with Crippen LogP contribution in [0.2, 0.25) is 0 Å². The SMILES string of the molecule is COC(=O)C1(C(=O)OC)CC(C)C(C(C)(C)C)C1. The molecule has 18 heavy (non-hydrogen) atoms. The van der Waals surface area contributed by atoms with E-state index in [1.807, 2.05) is 0 Å². The van der Waals surface area contributed by atoms with E-state index in [1.165, 1.54) is 14.2 Å². The molecular weight excluding hydrogens is 232 g/mol. The second-order valence-corrected chi connectivity index (χ2v) is 6.42. The van der Waals surface area contributed by atoms with Crippen molar-refractivity contribution in [3.63, 3.8) is 0 Å². The van der Waals surface area contributed by atoms with E-state index in [4.69, 9.17) is 9.47 Å². The van der Waals surface area contributed by atoms with Gasteiger partial charge in [0.15, 0.2) is 5.41 Å². The van der Waals surface area contributed by atoms with Gasteiger partial charge in [0.2, 0.25) is 0 Å². The largest absolute Gasteiger partial charge is 0.468 e. The summed E-state index contributed by atoms with van der Waals surface area (Å²) in [5, 5.41) is 0. The van der Waals surface area contributed by atoms with Crippen LogP contribution in [-0.4, -0.2) is 26.2 Å². The Morgan fingerprint density at radius 3 is 1.78 bits per heavy atom. The Hall–Kier alpha value is -1.06. The molecule has 1 aliphatic carbocycles. The molecule has 2 unspecified atom stereocenters. The second-order valence-electron chi connectivity index (χ2n) is 6.42. The van der Waals surface area contributed by atoms with Gasteiger partial charge >= 0.3 is 11.9 Å². The summed E-state index contributed by atoms with van der Waals surface area (Å²) < 4.78 is 9.66. The predicted molar refractivity (Wildman–Crippen MR) is 67.8 cm³/mol. The number of ether oxygens (including phenoxy) is 2. The molecule has 104 valence electrons. The minimum atomic E-state index is -1.11. The molecule has 1 saturated carbocycles. The number of methoxy groups -OCH3 is 2. The lowest BCUT2D eigenvalue weighted by atomic mass is 9.74. The fourth-order valence-electron chi connectivity index (χ4n) is 3.32. The molecular formula is C14H24O4. The molecule has 1 fully saturated rings. The quantitative estimate of drug-likeness (QED) is 0.562. The highest BCUT2D eigenvalue weighted by molar-refractivity contribution is 6.00. The number of hydrogen-bond acceptors (Lipinski definition) is 4. The van der Waals surface area contributed by atoms with Gasteiger partial charge in [0.1, 0.15) is 0 Å². The number of hydrogen-bond donors (Lipinski definition) is 0. The van der Waals surface area contributed by atoms with Crippen molar-refractivity contribution in [1.82, 2.24) is 0 Å². The maximum atomic E-state index is 12.0. The first-order valence-corrected chi connectivity index (χ1v) is 6.36. The van der Waals surface area contributed by atoms with Crippen LogP contribution in [0.15, 0.2) is 0 Å². The Kier molecular flexibility index (Phi) is 4.08. The van der Waals surface area contributed by atoms with Crippen LogP contribution >= 0.6 is 0 Å². The van der Waals surface area contributed by atoms with E-state index >= 15 is 0 Å². The lowest BCUT2D eigenvalue weighted by Crippen LogP contribution is -2.39. The number of rotatable bonds is 2. The fourth-order valence-corrected chi connectivity index (χ4v) is 3.32. The summed E-state index contributed by atoms with van der Waals surface area (Å²) in [7, 11) is 2.64. The fraction of sp³-hybridized carbons (Fsp3) is 0.857. The average molecular weight is 256 g/mol. The zero-order valence-electron chi connectivity index (χ0n) is 12.2. The van der Waals surface area contributed by atoms with E-state index in [0.29, 0.717) is 24.7 Å². The Morgan fingerprint density at radius 2 is 1.50 bits per heavy atom. The standard InChI is InChI=1S/C14H24O4/c1-9-7-14(11(15)17-5,12(16)18-6)8-10(9)13(2,3)4/h9-10H,7-8H2,1-6H3. The van der Waals surface area contributed by atoms with Crippen LogP contribution in [-0.2, 0) is 19.1 Å². The third-order valence-corrected chi connectivity index (χ3v) is 4.19. The van der Waals surface area contributed by atoms with Crippen molar-refractivity contribution in [2.45, 2.75) is 40.5 Å². The van der Waals surface area contributed by atoms with E-state index in [1.54, 1.807) is 0 Å². The van der Waals surface area contributed by atoms with Gasteiger partial charge in [-0.05, 0) is 30.1 Å². The van der Waals surface area contributed by atoms with Crippen LogP contribution in [0.25, 0.3) is 0 Å². The summed E-state index contributed by atoms with van der Waals surface area (Å²) in [6.07, 6.45) is 1.02. The van der Waals surface area contributed by atoms with Gasteiger partial charge in [-0.25, -0.2) is 0 Å². The minimum Gasteiger partial charge on any atom is -0.468 e. The number of esters is 2. The van der Waals surface area contributed by atoms with E-state index in [9.17, 15) is 9.59 Å². The van der Waals surface area contributed by atoms with Crippen LogP contribution in [0.5, 0.6) is 0 Å². The first kappa shape index (κ1) is 15.0. The van der Waals surface area contributed by atoms with Crippen LogP contribution in [0.4, 0.5) is 0 Å². The highest BCUT2D eigenvalue weighted by atomic mass is 16.5. The molecule has 2 atom stereocenters. The molecule has 0 aromatic carbocycles. The zero-order valence-corrected chi connectivity index (χ0v) is 12.2. The van der Waals surface area contributed by atoms with Crippen molar-refractivity contribution in [2.24, 2.45) is 22.7 Å². The van der Waals surface area contributed by atoms with Crippen LogP contribution in [0, 0.1) is 22.7 Å². The Morgan fingerprint density at radius 1 is 1.06 bits per heavy atom.